The lowest BCUT2D eigenvalue weighted by Gasteiger charge is -2.48. The van der Waals surface area contributed by atoms with E-state index in [1.54, 1.807) is 32.7 Å². The zero-order chi connectivity index (χ0) is 22.2. The molecule has 2 aromatic rings. The first-order valence-electron chi connectivity index (χ1n) is 10.5. The number of fused-ring (bicyclic) bond motifs is 3. The van der Waals surface area contributed by atoms with Gasteiger partial charge in [0, 0.05) is 38.2 Å². The van der Waals surface area contributed by atoms with Crippen molar-refractivity contribution in [2.75, 3.05) is 37.4 Å². The van der Waals surface area contributed by atoms with Crippen molar-refractivity contribution in [3.8, 4) is 0 Å². The Bertz CT molecular complexity index is 1020. The molecule has 1 fully saturated rings. The molecule has 164 valence electrons. The summed E-state index contributed by atoms with van der Waals surface area (Å²) < 4.78 is 1.78. The van der Waals surface area contributed by atoms with Crippen LogP contribution in [0.25, 0.3) is 0 Å². The number of para-hydroxylation sites is 1. The number of rotatable bonds is 7. The van der Waals surface area contributed by atoms with E-state index in [1.807, 2.05) is 39.3 Å². The van der Waals surface area contributed by atoms with Gasteiger partial charge in [-0.3, -0.25) is 24.0 Å². The molecule has 4 rings (SSSR count). The molecule has 1 atom stereocenters. The summed E-state index contributed by atoms with van der Waals surface area (Å²) in [6, 6.07) is 8.92. The van der Waals surface area contributed by atoms with E-state index in [0.717, 1.165) is 13.1 Å². The van der Waals surface area contributed by atoms with Crippen molar-refractivity contribution in [2.24, 2.45) is 0 Å². The first kappa shape index (κ1) is 21.0. The zero-order valence-electron chi connectivity index (χ0n) is 18.2. The third kappa shape index (κ3) is 3.93. The van der Waals surface area contributed by atoms with Gasteiger partial charge in [-0.2, -0.15) is 5.10 Å². The molecule has 1 aromatic carbocycles. The Kier molecular flexibility index (Phi) is 5.53. The smallest absolute Gasteiger partial charge is 0.257 e. The third-order valence-electron chi connectivity index (χ3n) is 5.99. The molecule has 0 unspecified atom stereocenters. The van der Waals surface area contributed by atoms with Crippen LogP contribution in [0.3, 0.4) is 0 Å². The van der Waals surface area contributed by atoms with Gasteiger partial charge in [0.15, 0.2) is 5.82 Å². The Labute approximate surface area is 181 Å². The minimum atomic E-state index is -0.753. The topological polar surface area (TPSA) is 90.8 Å². The lowest BCUT2D eigenvalue weighted by molar-refractivity contribution is -0.117. The molecular weight excluding hydrogens is 396 g/mol. The second-order valence-corrected chi connectivity index (χ2v) is 8.49. The van der Waals surface area contributed by atoms with Gasteiger partial charge in [0.05, 0.1) is 17.8 Å². The van der Waals surface area contributed by atoms with Crippen LogP contribution in [0, 0.1) is 0 Å². The van der Waals surface area contributed by atoms with Gasteiger partial charge in [-0.15, -0.1) is 0 Å². The SMILES string of the molecule is CN(C)CCn1ccc(NC(=O)CCN2C(=O)c3ccccc3N3C(=O)CC[C@@]23C)n1. The fourth-order valence-corrected chi connectivity index (χ4v) is 4.32. The fraction of sp³-hybridized carbons (Fsp3) is 0.455. The number of hydrogen-bond donors (Lipinski definition) is 1. The average molecular weight is 425 g/mol. The number of nitrogens with one attached hydrogen (secondary N) is 1. The van der Waals surface area contributed by atoms with Crippen molar-refractivity contribution >= 4 is 29.2 Å². The second-order valence-electron chi connectivity index (χ2n) is 8.49. The predicted octanol–water partition coefficient (Wildman–Crippen LogP) is 1.77. The molecule has 3 amide bonds. The van der Waals surface area contributed by atoms with E-state index < -0.39 is 5.66 Å². The van der Waals surface area contributed by atoms with Crippen LogP contribution in [0.15, 0.2) is 36.5 Å². The number of carbonyl (C=O) groups is 3. The van der Waals surface area contributed by atoms with Crippen LogP contribution in [0.4, 0.5) is 11.5 Å². The molecule has 2 aliphatic rings. The number of benzene rings is 1. The molecule has 2 aliphatic heterocycles. The van der Waals surface area contributed by atoms with E-state index in [4.69, 9.17) is 0 Å². The standard InChI is InChI=1S/C22H28N6O3/c1-22-11-8-20(30)28(22)17-7-5-4-6-16(17)21(31)27(22)13-10-19(29)23-18-9-12-26(24-18)15-14-25(2)3/h4-7,9,12H,8,10-11,13-15H2,1-3H3,(H,23,24,29)/t22-/m0/s1. The largest absolute Gasteiger partial charge is 0.315 e. The molecule has 1 aromatic heterocycles. The van der Waals surface area contributed by atoms with Crippen molar-refractivity contribution in [3.63, 3.8) is 0 Å². The first-order valence-corrected chi connectivity index (χ1v) is 10.5. The molecule has 0 spiro atoms. The maximum Gasteiger partial charge on any atom is 0.257 e. The maximum atomic E-state index is 13.2. The van der Waals surface area contributed by atoms with Crippen LogP contribution >= 0.6 is 0 Å². The number of nitrogens with zero attached hydrogens (tertiary/aromatic N) is 5. The highest BCUT2D eigenvalue weighted by Gasteiger charge is 2.52. The highest BCUT2D eigenvalue weighted by molar-refractivity contribution is 6.10. The summed E-state index contributed by atoms with van der Waals surface area (Å²) in [6.45, 7) is 3.70. The maximum absolute atomic E-state index is 13.2. The molecule has 0 aliphatic carbocycles. The first-order chi connectivity index (χ1) is 14.8. The molecule has 9 heteroatoms. The molecule has 9 nitrogen and oxygen atoms in total. The summed E-state index contributed by atoms with van der Waals surface area (Å²) in [5.74, 6) is 0.122. The fourth-order valence-electron chi connectivity index (χ4n) is 4.32. The van der Waals surface area contributed by atoms with Gasteiger partial charge in [-0.1, -0.05) is 12.1 Å². The molecule has 0 radical (unpaired) electrons. The summed E-state index contributed by atoms with van der Waals surface area (Å²) in [4.78, 5) is 43.8. The Morgan fingerprint density at radius 2 is 1.97 bits per heavy atom. The van der Waals surface area contributed by atoms with Crippen molar-refractivity contribution in [1.82, 2.24) is 19.6 Å². The van der Waals surface area contributed by atoms with Crippen LogP contribution in [-0.2, 0) is 16.1 Å². The zero-order valence-corrected chi connectivity index (χ0v) is 18.2. The highest BCUT2D eigenvalue weighted by Crippen LogP contribution is 2.43. The monoisotopic (exact) mass is 424 g/mol. The highest BCUT2D eigenvalue weighted by atomic mass is 16.2. The minimum Gasteiger partial charge on any atom is -0.315 e. The normalized spacial score (nSPS) is 20.3. The molecule has 1 N–H and O–H groups in total. The van der Waals surface area contributed by atoms with Crippen LogP contribution in [0.1, 0.15) is 36.5 Å². The van der Waals surface area contributed by atoms with Crippen LogP contribution in [0.2, 0.25) is 0 Å². The van der Waals surface area contributed by atoms with Gasteiger partial charge in [0.1, 0.15) is 5.66 Å². The molecule has 31 heavy (non-hydrogen) atoms. The van der Waals surface area contributed by atoms with Gasteiger partial charge in [-0.05, 0) is 39.6 Å². The summed E-state index contributed by atoms with van der Waals surface area (Å²) in [5.41, 5.74) is 0.396. The Morgan fingerprint density at radius 3 is 2.74 bits per heavy atom. The van der Waals surface area contributed by atoms with Crippen molar-refractivity contribution in [2.45, 2.75) is 38.4 Å². The number of hydrogen-bond acceptors (Lipinski definition) is 5. The van der Waals surface area contributed by atoms with Crippen LogP contribution in [-0.4, -0.2) is 70.1 Å². The quantitative estimate of drug-likeness (QED) is 0.732. The third-order valence-corrected chi connectivity index (χ3v) is 5.99. The van der Waals surface area contributed by atoms with Crippen molar-refractivity contribution in [1.29, 1.82) is 0 Å². The Balaban J connectivity index is 1.44. The van der Waals surface area contributed by atoms with Crippen molar-refractivity contribution < 1.29 is 14.4 Å². The van der Waals surface area contributed by atoms with E-state index in [-0.39, 0.29) is 30.7 Å². The molecule has 0 saturated carbocycles. The second kappa shape index (κ2) is 8.14. The van der Waals surface area contributed by atoms with E-state index in [2.05, 4.69) is 15.3 Å². The number of aromatic nitrogens is 2. The van der Waals surface area contributed by atoms with Gasteiger partial charge in [-0.25, -0.2) is 0 Å². The molecule has 1 saturated heterocycles. The predicted molar refractivity (Wildman–Crippen MR) is 117 cm³/mol. The molecular formula is C22H28N6O3. The number of amides is 3. The minimum absolute atomic E-state index is 0.000153. The van der Waals surface area contributed by atoms with Gasteiger partial charge in [0.25, 0.3) is 5.91 Å². The van der Waals surface area contributed by atoms with Gasteiger partial charge in [0.2, 0.25) is 11.8 Å². The van der Waals surface area contributed by atoms with Gasteiger partial charge >= 0.3 is 0 Å². The van der Waals surface area contributed by atoms with Crippen LogP contribution < -0.4 is 10.2 Å². The number of carbonyl (C=O) groups excluding carboxylic acids is 3. The summed E-state index contributed by atoms with van der Waals surface area (Å²) in [6.07, 6.45) is 2.87. The van der Waals surface area contributed by atoms with E-state index >= 15 is 0 Å². The summed E-state index contributed by atoms with van der Waals surface area (Å²) in [7, 11) is 3.98. The van der Waals surface area contributed by atoms with Gasteiger partial charge < -0.3 is 15.1 Å². The van der Waals surface area contributed by atoms with E-state index in [0.29, 0.717) is 29.9 Å². The number of anilines is 2. The molecule has 3 heterocycles. The van der Waals surface area contributed by atoms with Crippen LogP contribution in [0.5, 0.6) is 0 Å². The summed E-state index contributed by atoms with van der Waals surface area (Å²) in [5, 5.41) is 7.16. The van der Waals surface area contributed by atoms with E-state index in [1.165, 1.54) is 0 Å². The number of likely N-dealkylation sites (N-methyl/N-ethyl adjacent to an activating group) is 1. The lowest BCUT2D eigenvalue weighted by Crippen LogP contribution is -2.62. The van der Waals surface area contributed by atoms with Crippen molar-refractivity contribution in [3.05, 3.63) is 42.1 Å². The lowest BCUT2D eigenvalue weighted by atomic mass is 9.98. The molecule has 0 bridgehead atoms. The average Bonchev–Trinajstić information content (AvgIpc) is 3.30. The van der Waals surface area contributed by atoms with E-state index in [9.17, 15) is 14.4 Å². The Morgan fingerprint density at radius 1 is 1.19 bits per heavy atom. The Hall–Kier alpha value is -3.20. The summed E-state index contributed by atoms with van der Waals surface area (Å²) >= 11 is 0.